The molecule has 0 fully saturated rings. The summed E-state index contributed by atoms with van der Waals surface area (Å²) in [5, 5.41) is 1.03. The van der Waals surface area contributed by atoms with Crippen molar-refractivity contribution in [1.29, 1.82) is 0 Å². The van der Waals surface area contributed by atoms with Crippen LogP contribution in [0.25, 0.3) is 43.5 Å². The summed E-state index contributed by atoms with van der Waals surface area (Å²) >= 11 is 0. The van der Waals surface area contributed by atoms with E-state index in [0.717, 1.165) is 10.6 Å². The van der Waals surface area contributed by atoms with Gasteiger partial charge in [0, 0.05) is 28.6 Å². The lowest BCUT2D eigenvalue weighted by molar-refractivity contribution is -0.140. The molecule has 0 bridgehead atoms. The average molecular weight is 460 g/mol. The van der Waals surface area contributed by atoms with Crippen LogP contribution in [0, 0.1) is 12.4 Å². The van der Waals surface area contributed by atoms with Crippen LogP contribution in [0.1, 0.15) is 5.56 Å². The molecule has 34 heavy (non-hydrogen) atoms. The lowest BCUT2D eigenvalue weighted by atomic mass is 10.0. The Labute approximate surface area is 189 Å². The zero-order valence-electron chi connectivity index (χ0n) is 17.1. The molecule has 0 atom stereocenters. The fourth-order valence-corrected chi connectivity index (χ4v) is 3.84. The highest BCUT2D eigenvalue weighted by Crippen LogP contribution is 2.34. The molecule has 0 saturated carbocycles. The van der Waals surface area contributed by atoms with E-state index in [1.807, 2.05) is 0 Å². The van der Waals surface area contributed by atoms with Gasteiger partial charge in [0.25, 0.3) is 11.4 Å². The van der Waals surface area contributed by atoms with Crippen molar-refractivity contribution in [3.63, 3.8) is 0 Å². The van der Waals surface area contributed by atoms with Crippen molar-refractivity contribution >= 4 is 27.6 Å². The first-order valence-electron chi connectivity index (χ1n) is 9.92. The number of nitrogens with zero attached hydrogens (tertiary/aromatic N) is 4. The van der Waals surface area contributed by atoms with Gasteiger partial charge in [0.15, 0.2) is 0 Å². The predicted molar refractivity (Wildman–Crippen MR) is 119 cm³/mol. The second kappa shape index (κ2) is 7.78. The third-order valence-electron chi connectivity index (χ3n) is 5.43. The minimum Gasteiger partial charge on any atom is -0.361 e. The molecule has 5 aromatic rings. The third kappa shape index (κ3) is 3.55. The van der Waals surface area contributed by atoms with Crippen molar-refractivity contribution in [1.82, 2.24) is 14.5 Å². The van der Waals surface area contributed by atoms with E-state index in [9.17, 15) is 22.4 Å². The molecule has 0 saturated heterocycles. The number of hydrogen-bond donors (Lipinski definition) is 0. The fourth-order valence-electron chi connectivity index (χ4n) is 3.84. The highest BCUT2D eigenvalue weighted by molar-refractivity contribution is 6.05. The summed E-state index contributed by atoms with van der Waals surface area (Å²) in [5.74, 6) is -1.18. The Hall–Kier alpha value is -4.58. The predicted octanol–water partition coefficient (Wildman–Crippen LogP) is 6.31. The fraction of sp³-hybridized carbons (Fsp3) is 0.0400. The van der Waals surface area contributed by atoms with Gasteiger partial charge in [-0.15, -0.1) is 4.98 Å². The molecule has 9 heteroatoms. The number of aromatic nitrogens is 3. The van der Waals surface area contributed by atoms with Gasteiger partial charge in [0.2, 0.25) is 0 Å². The summed E-state index contributed by atoms with van der Waals surface area (Å²) in [5.41, 5.74) is 0.114. The highest BCUT2D eigenvalue weighted by Gasteiger charge is 2.34. The molecule has 166 valence electrons. The Kier molecular flexibility index (Phi) is 4.87. The lowest BCUT2D eigenvalue weighted by Crippen LogP contribution is -2.19. The molecule has 5 nitrogen and oxygen atoms in total. The third-order valence-corrected chi connectivity index (χ3v) is 5.43. The smallest absolute Gasteiger partial charge is 0.361 e. The Bertz CT molecular complexity index is 1680. The Balaban J connectivity index is 1.82. The largest absolute Gasteiger partial charge is 0.419 e. The summed E-state index contributed by atoms with van der Waals surface area (Å²) in [6.45, 7) is 7.04. The Morgan fingerprint density at radius 2 is 1.68 bits per heavy atom. The second-order valence-electron chi connectivity index (χ2n) is 7.48. The van der Waals surface area contributed by atoms with Gasteiger partial charge < -0.3 is 4.85 Å². The van der Waals surface area contributed by atoms with Crippen molar-refractivity contribution in [2.75, 3.05) is 0 Å². The van der Waals surface area contributed by atoms with Gasteiger partial charge in [-0.25, -0.2) is 4.39 Å². The molecule has 0 radical (unpaired) electrons. The van der Waals surface area contributed by atoms with Crippen LogP contribution in [0.5, 0.6) is 0 Å². The molecule has 0 aliphatic carbocycles. The topological polar surface area (TPSA) is 52.1 Å². The molecule has 2 aromatic carbocycles. The lowest BCUT2D eigenvalue weighted by Gasteiger charge is -2.15. The molecule has 0 aliphatic heterocycles. The quantitative estimate of drug-likeness (QED) is 0.176. The minimum absolute atomic E-state index is 0.120. The summed E-state index contributed by atoms with van der Waals surface area (Å²) < 4.78 is 55.1. The van der Waals surface area contributed by atoms with Crippen molar-refractivity contribution in [2.24, 2.45) is 0 Å². The number of rotatable bonds is 2. The van der Waals surface area contributed by atoms with Gasteiger partial charge in [0.05, 0.1) is 22.3 Å². The zero-order chi connectivity index (χ0) is 24.0. The maximum absolute atomic E-state index is 13.9. The first-order valence-corrected chi connectivity index (χ1v) is 9.92. The Morgan fingerprint density at radius 1 is 0.882 bits per heavy atom. The number of fused-ring (bicyclic) bond motifs is 3. The van der Waals surface area contributed by atoms with E-state index in [0.29, 0.717) is 45.1 Å². The van der Waals surface area contributed by atoms with E-state index in [4.69, 9.17) is 6.57 Å². The van der Waals surface area contributed by atoms with Crippen LogP contribution in [0.4, 0.5) is 23.4 Å². The normalized spacial score (nSPS) is 11.6. The van der Waals surface area contributed by atoms with Crippen LogP contribution in [-0.2, 0) is 6.18 Å². The average Bonchev–Trinajstić information content (AvgIpc) is 2.83. The number of hydrogen-bond acceptors (Lipinski definition) is 3. The SMILES string of the molecule is [C-]#[N+]c1ccc(-c2ccc3ncc4ccc(=O)n(-c5ccc(F)c(C(F)(F)F)c5)c4c3c2)cn1. The number of halogens is 4. The number of alkyl halides is 3. The van der Waals surface area contributed by atoms with Crippen molar-refractivity contribution < 1.29 is 17.6 Å². The van der Waals surface area contributed by atoms with Gasteiger partial charge in [-0.05, 0) is 48.0 Å². The van der Waals surface area contributed by atoms with Gasteiger partial charge in [-0.1, -0.05) is 18.7 Å². The molecule has 0 amide bonds. The van der Waals surface area contributed by atoms with Gasteiger partial charge in [-0.2, -0.15) is 13.2 Å². The molecule has 0 aliphatic rings. The van der Waals surface area contributed by atoms with E-state index in [1.165, 1.54) is 24.5 Å². The molecule has 3 heterocycles. The van der Waals surface area contributed by atoms with Gasteiger partial charge in [-0.3, -0.25) is 14.3 Å². The van der Waals surface area contributed by atoms with Crippen LogP contribution in [0.15, 0.2) is 77.9 Å². The van der Waals surface area contributed by atoms with Crippen LogP contribution in [0.3, 0.4) is 0 Å². The van der Waals surface area contributed by atoms with E-state index < -0.39 is 23.1 Å². The van der Waals surface area contributed by atoms with Gasteiger partial charge >= 0.3 is 6.18 Å². The van der Waals surface area contributed by atoms with E-state index in [-0.39, 0.29) is 11.5 Å². The summed E-state index contributed by atoms with van der Waals surface area (Å²) in [6.07, 6.45) is -1.86. The van der Waals surface area contributed by atoms with E-state index >= 15 is 0 Å². The maximum atomic E-state index is 13.9. The minimum atomic E-state index is -4.92. The van der Waals surface area contributed by atoms with Crippen molar-refractivity contribution in [2.45, 2.75) is 6.18 Å². The molecule has 3 aromatic heterocycles. The number of pyridine rings is 3. The standard InChI is InChI=1S/C25H12F4N4O/c1-30-22-8-3-15(12-32-22)14-2-7-21-18(10-14)24-16(13-31-21)4-9-23(34)33(24)17-5-6-20(26)19(11-17)25(27,28)29/h2-13H. The molecule has 0 N–H and O–H groups in total. The van der Waals surface area contributed by atoms with Crippen LogP contribution >= 0.6 is 0 Å². The van der Waals surface area contributed by atoms with Gasteiger partial charge in [0.1, 0.15) is 12.0 Å². The second-order valence-corrected chi connectivity index (χ2v) is 7.48. The molecule has 5 rings (SSSR count). The maximum Gasteiger partial charge on any atom is 0.419 e. The molecule has 0 spiro atoms. The van der Waals surface area contributed by atoms with E-state index in [2.05, 4.69) is 14.8 Å². The van der Waals surface area contributed by atoms with E-state index in [1.54, 1.807) is 30.3 Å². The van der Waals surface area contributed by atoms with Crippen molar-refractivity contribution in [3.05, 3.63) is 106 Å². The molecule has 0 unspecified atom stereocenters. The number of benzene rings is 2. The summed E-state index contributed by atoms with van der Waals surface area (Å²) in [6, 6.07) is 13.8. The Morgan fingerprint density at radius 3 is 2.38 bits per heavy atom. The van der Waals surface area contributed by atoms with Crippen molar-refractivity contribution in [3.8, 4) is 16.8 Å². The first kappa shape index (κ1) is 21.3. The highest BCUT2D eigenvalue weighted by atomic mass is 19.4. The van der Waals surface area contributed by atoms with Crippen LogP contribution in [-0.4, -0.2) is 14.5 Å². The van der Waals surface area contributed by atoms with Crippen LogP contribution < -0.4 is 5.56 Å². The molecular weight excluding hydrogens is 448 g/mol. The molecular formula is C25H12F4N4O. The zero-order valence-corrected chi connectivity index (χ0v) is 17.1. The van der Waals surface area contributed by atoms with Crippen LogP contribution in [0.2, 0.25) is 0 Å². The monoisotopic (exact) mass is 460 g/mol. The first-order chi connectivity index (χ1) is 16.3. The summed E-state index contributed by atoms with van der Waals surface area (Å²) in [4.78, 5) is 24.6. The summed E-state index contributed by atoms with van der Waals surface area (Å²) in [7, 11) is 0.